The summed E-state index contributed by atoms with van der Waals surface area (Å²) in [5.41, 5.74) is 6.10. The summed E-state index contributed by atoms with van der Waals surface area (Å²) in [7, 11) is 0. The van der Waals surface area contributed by atoms with Gasteiger partial charge in [0.05, 0.1) is 6.21 Å². The number of hydrogen-bond donors (Lipinski definition) is 1. The van der Waals surface area contributed by atoms with Crippen LogP contribution in [-0.4, -0.2) is 6.21 Å². The Bertz CT molecular complexity index is 539. The molecule has 86 valence electrons. The van der Waals surface area contributed by atoms with Crippen LogP contribution >= 0.6 is 0 Å². The molecule has 0 amide bonds. The first kappa shape index (κ1) is 11.4. The lowest BCUT2D eigenvalue weighted by Gasteiger charge is -2.05. The highest BCUT2D eigenvalue weighted by Crippen LogP contribution is 2.22. The summed E-state index contributed by atoms with van der Waals surface area (Å²) in [5, 5.41) is 3.51. The minimum Gasteiger partial charge on any atom is -0.323 e. The quantitative estimate of drug-likeness (QED) is 0.474. The van der Waals surface area contributed by atoms with Gasteiger partial charge in [-0.15, -0.1) is 0 Å². The molecule has 0 aliphatic carbocycles. The van der Waals surface area contributed by atoms with Crippen molar-refractivity contribution in [2.24, 2.45) is 10.9 Å². The SMILES string of the molecule is Cc1ccc(-c2ccc(C=NN)cc2)cc1C. The maximum absolute atomic E-state index is 5.12. The Kier molecular flexibility index (Phi) is 3.24. The summed E-state index contributed by atoms with van der Waals surface area (Å²) in [6.07, 6.45) is 1.64. The molecule has 2 heteroatoms. The summed E-state index contributed by atoms with van der Waals surface area (Å²) in [6, 6.07) is 14.7. The summed E-state index contributed by atoms with van der Waals surface area (Å²) in [4.78, 5) is 0. The van der Waals surface area contributed by atoms with Crippen molar-refractivity contribution in [1.29, 1.82) is 0 Å². The highest BCUT2D eigenvalue weighted by Gasteiger charge is 1.99. The van der Waals surface area contributed by atoms with Crippen LogP contribution < -0.4 is 5.84 Å². The van der Waals surface area contributed by atoms with Crippen LogP contribution in [0.3, 0.4) is 0 Å². The normalized spacial score (nSPS) is 10.9. The Morgan fingerprint density at radius 2 is 1.53 bits per heavy atom. The van der Waals surface area contributed by atoms with Gasteiger partial charge in [-0.25, -0.2) is 0 Å². The van der Waals surface area contributed by atoms with Crippen molar-refractivity contribution < 1.29 is 0 Å². The molecule has 2 aromatic carbocycles. The predicted molar refractivity (Wildman–Crippen MR) is 73.1 cm³/mol. The van der Waals surface area contributed by atoms with Crippen LogP contribution in [0.15, 0.2) is 47.6 Å². The van der Waals surface area contributed by atoms with Gasteiger partial charge in [-0.05, 0) is 41.7 Å². The average molecular weight is 224 g/mol. The first-order chi connectivity index (χ1) is 8.20. The fraction of sp³-hybridized carbons (Fsp3) is 0.133. The molecule has 0 bridgehead atoms. The molecule has 17 heavy (non-hydrogen) atoms. The van der Waals surface area contributed by atoms with Crippen LogP contribution in [-0.2, 0) is 0 Å². The van der Waals surface area contributed by atoms with Crippen LogP contribution in [0.25, 0.3) is 11.1 Å². The van der Waals surface area contributed by atoms with Gasteiger partial charge in [-0.2, -0.15) is 5.10 Å². The lowest BCUT2D eigenvalue weighted by Crippen LogP contribution is -1.87. The molecule has 0 atom stereocenters. The van der Waals surface area contributed by atoms with Gasteiger partial charge < -0.3 is 5.84 Å². The van der Waals surface area contributed by atoms with Gasteiger partial charge in [0.1, 0.15) is 0 Å². The second-order valence-electron chi connectivity index (χ2n) is 4.20. The third kappa shape index (κ3) is 2.53. The zero-order valence-corrected chi connectivity index (χ0v) is 10.1. The molecule has 0 saturated carbocycles. The van der Waals surface area contributed by atoms with E-state index in [0.717, 1.165) is 5.56 Å². The molecule has 0 unspecified atom stereocenters. The van der Waals surface area contributed by atoms with Crippen molar-refractivity contribution in [2.45, 2.75) is 13.8 Å². The summed E-state index contributed by atoms with van der Waals surface area (Å²) >= 11 is 0. The smallest absolute Gasteiger partial charge is 0.0538 e. The molecule has 0 radical (unpaired) electrons. The molecule has 0 aliphatic rings. The van der Waals surface area contributed by atoms with E-state index in [1.54, 1.807) is 6.21 Å². The number of rotatable bonds is 2. The Labute approximate surface area is 102 Å². The Morgan fingerprint density at radius 3 is 2.12 bits per heavy atom. The maximum atomic E-state index is 5.12. The van der Waals surface area contributed by atoms with Gasteiger partial charge in [0, 0.05) is 0 Å². The second-order valence-corrected chi connectivity index (χ2v) is 4.20. The molecule has 0 spiro atoms. The van der Waals surface area contributed by atoms with E-state index in [1.807, 2.05) is 12.1 Å². The van der Waals surface area contributed by atoms with Gasteiger partial charge in [0.2, 0.25) is 0 Å². The van der Waals surface area contributed by atoms with Gasteiger partial charge in [-0.3, -0.25) is 0 Å². The number of aryl methyl sites for hydroxylation is 2. The lowest BCUT2D eigenvalue weighted by atomic mass is 10.00. The first-order valence-electron chi connectivity index (χ1n) is 5.61. The summed E-state index contributed by atoms with van der Waals surface area (Å²) < 4.78 is 0. The molecule has 2 aromatic rings. The average Bonchev–Trinajstić information content (AvgIpc) is 2.34. The predicted octanol–water partition coefficient (Wildman–Crippen LogP) is 3.26. The number of hydrazone groups is 1. The van der Waals surface area contributed by atoms with Crippen molar-refractivity contribution in [1.82, 2.24) is 0 Å². The highest BCUT2D eigenvalue weighted by molar-refractivity contribution is 5.80. The molecule has 0 heterocycles. The minimum atomic E-state index is 1.01. The molecule has 0 aromatic heterocycles. The van der Waals surface area contributed by atoms with Crippen LogP contribution in [0.2, 0.25) is 0 Å². The van der Waals surface area contributed by atoms with Crippen molar-refractivity contribution in [3.8, 4) is 11.1 Å². The molecule has 0 saturated heterocycles. The number of nitrogens with two attached hydrogens (primary N) is 1. The van der Waals surface area contributed by atoms with E-state index in [9.17, 15) is 0 Å². The number of hydrogen-bond acceptors (Lipinski definition) is 2. The van der Waals surface area contributed by atoms with E-state index in [1.165, 1.54) is 22.3 Å². The molecular weight excluding hydrogens is 208 g/mol. The van der Waals surface area contributed by atoms with Crippen molar-refractivity contribution in [3.05, 3.63) is 59.2 Å². The van der Waals surface area contributed by atoms with Gasteiger partial charge in [0.25, 0.3) is 0 Å². The van der Waals surface area contributed by atoms with Crippen LogP contribution in [0.1, 0.15) is 16.7 Å². The third-order valence-electron chi connectivity index (χ3n) is 2.97. The Balaban J connectivity index is 2.36. The molecule has 2 rings (SSSR count). The van der Waals surface area contributed by atoms with Crippen LogP contribution in [0, 0.1) is 13.8 Å². The van der Waals surface area contributed by atoms with E-state index in [0.29, 0.717) is 0 Å². The fourth-order valence-corrected chi connectivity index (χ4v) is 1.77. The van der Waals surface area contributed by atoms with Crippen molar-refractivity contribution >= 4 is 6.21 Å². The van der Waals surface area contributed by atoms with E-state index in [4.69, 9.17) is 5.84 Å². The largest absolute Gasteiger partial charge is 0.323 e. The fourth-order valence-electron chi connectivity index (χ4n) is 1.77. The lowest BCUT2D eigenvalue weighted by molar-refractivity contribution is 1.26. The van der Waals surface area contributed by atoms with Crippen LogP contribution in [0.4, 0.5) is 0 Å². The van der Waals surface area contributed by atoms with Crippen molar-refractivity contribution in [3.63, 3.8) is 0 Å². The minimum absolute atomic E-state index is 1.01. The van der Waals surface area contributed by atoms with E-state index < -0.39 is 0 Å². The second kappa shape index (κ2) is 4.83. The van der Waals surface area contributed by atoms with Crippen molar-refractivity contribution in [2.75, 3.05) is 0 Å². The van der Waals surface area contributed by atoms with E-state index >= 15 is 0 Å². The van der Waals surface area contributed by atoms with Crippen LogP contribution in [0.5, 0.6) is 0 Å². The Hall–Kier alpha value is -2.09. The summed E-state index contributed by atoms with van der Waals surface area (Å²) in [5.74, 6) is 5.12. The van der Waals surface area contributed by atoms with E-state index in [-0.39, 0.29) is 0 Å². The number of nitrogens with zero attached hydrogens (tertiary/aromatic N) is 1. The summed E-state index contributed by atoms with van der Waals surface area (Å²) in [6.45, 7) is 4.26. The highest BCUT2D eigenvalue weighted by atomic mass is 15.1. The zero-order valence-electron chi connectivity index (χ0n) is 10.1. The van der Waals surface area contributed by atoms with Gasteiger partial charge in [0.15, 0.2) is 0 Å². The molecule has 0 fully saturated rings. The topological polar surface area (TPSA) is 38.4 Å². The zero-order chi connectivity index (χ0) is 12.3. The van der Waals surface area contributed by atoms with E-state index in [2.05, 4.69) is 49.3 Å². The Morgan fingerprint density at radius 1 is 0.882 bits per heavy atom. The monoisotopic (exact) mass is 224 g/mol. The maximum Gasteiger partial charge on any atom is 0.0538 e. The van der Waals surface area contributed by atoms with Gasteiger partial charge in [-0.1, -0.05) is 42.5 Å². The molecule has 0 aliphatic heterocycles. The molecular formula is C15H16N2. The van der Waals surface area contributed by atoms with Gasteiger partial charge >= 0.3 is 0 Å². The first-order valence-corrected chi connectivity index (χ1v) is 5.61. The molecule has 2 N–H and O–H groups in total. The standard InChI is InChI=1S/C15H16N2/c1-11-3-6-15(9-12(11)2)14-7-4-13(5-8-14)10-17-16/h3-10H,16H2,1-2H3. The number of benzene rings is 2. The molecule has 2 nitrogen and oxygen atoms in total. The third-order valence-corrected chi connectivity index (χ3v) is 2.97.